The molecule has 0 saturated heterocycles. The predicted molar refractivity (Wildman–Crippen MR) is 78.6 cm³/mol. The fraction of sp³-hybridized carbons (Fsp3) is 0.125. The Morgan fingerprint density at radius 2 is 1.76 bits per heavy atom. The van der Waals surface area contributed by atoms with E-state index in [1.807, 2.05) is 18.2 Å². The van der Waals surface area contributed by atoms with Crippen LogP contribution in [0.2, 0.25) is 5.02 Å². The zero-order valence-corrected chi connectivity index (χ0v) is 12.1. The topological polar surface area (TPSA) is 52.6 Å². The van der Waals surface area contributed by atoms with Gasteiger partial charge in [0.2, 0.25) is 0 Å². The Bertz CT molecular complexity index is 653. The lowest BCUT2D eigenvalue weighted by molar-refractivity contribution is -0.137. The van der Waals surface area contributed by atoms with Gasteiger partial charge in [-0.1, -0.05) is 48.0 Å². The van der Waals surface area contributed by atoms with Crippen molar-refractivity contribution in [2.75, 3.05) is 7.11 Å². The Hall–Kier alpha value is -2.33. The fourth-order valence-corrected chi connectivity index (χ4v) is 2.09. The van der Waals surface area contributed by atoms with Crippen LogP contribution in [0.3, 0.4) is 0 Å². The lowest BCUT2D eigenvalue weighted by atomic mass is 10.1. The largest absolute Gasteiger partial charge is 0.494 e. The van der Waals surface area contributed by atoms with E-state index in [1.54, 1.807) is 24.3 Å². The molecule has 0 aliphatic heterocycles. The average Bonchev–Trinajstić information content (AvgIpc) is 2.47. The molecular formula is C16H13ClO4. The number of hydrogen-bond acceptors (Lipinski definition) is 4. The van der Waals surface area contributed by atoms with E-state index in [0.29, 0.717) is 0 Å². The van der Waals surface area contributed by atoms with Crippen LogP contribution in [0.4, 0.5) is 0 Å². The second-order valence-electron chi connectivity index (χ2n) is 4.24. The highest BCUT2D eigenvalue weighted by Crippen LogP contribution is 2.28. The Labute approximate surface area is 127 Å². The highest BCUT2D eigenvalue weighted by molar-refractivity contribution is 6.32. The lowest BCUT2D eigenvalue weighted by Crippen LogP contribution is -2.15. The lowest BCUT2D eigenvalue weighted by Gasteiger charge is -2.09. The van der Waals surface area contributed by atoms with Crippen molar-refractivity contribution in [1.29, 1.82) is 0 Å². The van der Waals surface area contributed by atoms with Gasteiger partial charge in [-0.2, -0.15) is 0 Å². The molecule has 2 aromatic rings. The number of carbonyl (C=O) groups is 2. The molecule has 0 N–H and O–H groups in total. The summed E-state index contributed by atoms with van der Waals surface area (Å²) in [7, 11) is 1.39. The third kappa shape index (κ3) is 3.83. The van der Waals surface area contributed by atoms with Crippen LogP contribution < -0.4 is 4.74 Å². The van der Waals surface area contributed by atoms with E-state index in [1.165, 1.54) is 13.2 Å². The molecule has 0 aliphatic carbocycles. The average molecular weight is 305 g/mol. The fourth-order valence-electron chi connectivity index (χ4n) is 1.83. The van der Waals surface area contributed by atoms with Gasteiger partial charge in [-0.15, -0.1) is 0 Å². The summed E-state index contributed by atoms with van der Waals surface area (Å²) in [6.07, 6.45) is 0.0233. The maximum absolute atomic E-state index is 12.0. The van der Waals surface area contributed by atoms with E-state index in [9.17, 15) is 9.59 Å². The Morgan fingerprint density at radius 3 is 2.43 bits per heavy atom. The Balaban J connectivity index is 2.08. The number of halogens is 1. The smallest absolute Gasteiger partial charge is 0.349 e. The summed E-state index contributed by atoms with van der Waals surface area (Å²) in [4.78, 5) is 23.8. The first-order valence-electron chi connectivity index (χ1n) is 6.23. The Kier molecular flexibility index (Phi) is 4.95. The highest BCUT2D eigenvalue weighted by Gasteiger charge is 2.19. The normalized spacial score (nSPS) is 10.0. The highest BCUT2D eigenvalue weighted by atomic mass is 35.5. The van der Waals surface area contributed by atoms with Crippen molar-refractivity contribution in [3.8, 4) is 5.75 Å². The number of rotatable bonds is 4. The minimum atomic E-state index is -0.782. The van der Waals surface area contributed by atoms with Gasteiger partial charge in [-0.05, 0) is 17.7 Å². The number of benzene rings is 2. The maximum atomic E-state index is 12.0. The summed E-state index contributed by atoms with van der Waals surface area (Å²) >= 11 is 5.92. The number of methoxy groups -OCH3 is 1. The quantitative estimate of drug-likeness (QED) is 0.642. The minimum Gasteiger partial charge on any atom is -0.494 e. The van der Waals surface area contributed by atoms with Crippen LogP contribution in [0, 0.1) is 0 Å². The molecule has 0 atom stereocenters. The molecule has 0 bridgehead atoms. The second kappa shape index (κ2) is 6.90. The van der Waals surface area contributed by atoms with Crippen LogP contribution in [-0.2, 0) is 16.0 Å². The van der Waals surface area contributed by atoms with Crippen molar-refractivity contribution < 1.29 is 19.1 Å². The van der Waals surface area contributed by atoms with E-state index in [0.717, 1.165) is 5.56 Å². The third-order valence-electron chi connectivity index (χ3n) is 2.79. The van der Waals surface area contributed by atoms with Crippen molar-refractivity contribution in [2.45, 2.75) is 6.42 Å². The van der Waals surface area contributed by atoms with Crippen LogP contribution in [0.15, 0.2) is 48.5 Å². The van der Waals surface area contributed by atoms with Crippen molar-refractivity contribution >= 4 is 23.5 Å². The van der Waals surface area contributed by atoms with Crippen LogP contribution in [-0.4, -0.2) is 19.0 Å². The molecule has 0 unspecified atom stereocenters. The van der Waals surface area contributed by atoms with Gasteiger partial charge >= 0.3 is 11.9 Å². The van der Waals surface area contributed by atoms with Gasteiger partial charge < -0.3 is 9.47 Å². The number of carbonyl (C=O) groups excluding carboxylic acids is 2. The van der Waals surface area contributed by atoms with Crippen molar-refractivity contribution in [3.63, 3.8) is 0 Å². The van der Waals surface area contributed by atoms with Crippen molar-refractivity contribution in [3.05, 3.63) is 64.7 Å². The second-order valence-corrected chi connectivity index (χ2v) is 4.65. The molecule has 5 heteroatoms. The van der Waals surface area contributed by atoms with Gasteiger partial charge in [-0.3, -0.25) is 4.79 Å². The van der Waals surface area contributed by atoms with Gasteiger partial charge in [0.05, 0.1) is 18.6 Å². The molecule has 21 heavy (non-hydrogen) atoms. The van der Waals surface area contributed by atoms with Gasteiger partial charge in [0.15, 0.2) is 5.75 Å². The molecule has 108 valence electrons. The van der Waals surface area contributed by atoms with E-state index >= 15 is 0 Å². The van der Waals surface area contributed by atoms with Crippen LogP contribution in [0.1, 0.15) is 15.9 Å². The van der Waals surface area contributed by atoms with Crippen molar-refractivity contribution in [2.24, 2.45) is 0 Å². The molecule has 0 fully saturated rings. The van der Waals surface area contributed by atoms with Crippen molar-refractivity contribution in [1.82, 2.24) is 0 Å². The van der Waals surface area contributed by atoms with E-state index in [-0.39, 0.29) is 22.8 Å². The summed E-state index contributed by atoms with van der Waals surface area (Å²) in [6.45, 7) is 0. The van der Waals surface area contributed by atoms with Gasteiger partial charge in [0, 0.05) is 0 Å². The number of esters is 2. The molecule has 4 nitrogen and oxygen atoms in total. The van der Waals surface area contributed by atoms with Crippen LogP contribution in [0.5, 0.6) is 5.75 Å². The number of ether oxygens (including phenoxy) is 2. The zero-order chi connectivity index (χ0) is 15.2. The van der Waals surface area contributed by atoms with E-state index in [2.05, 4.69) is 0 Å². The first kappa shape index (κ1) is 15.1. The standard InChI is InChI=1S/C16H13ClO4/c1-20-15-12(8-5-9-13(15)17)16(19)21-14(18)10-11-6-3-2-4-7-11/h2-9H,10H2,1H3. The minimum absolute atomic E-state index is 0.0233. The first-order valence-corrected chi connectivity index (χ1v) is 6.61. The molecular weight excluding hydrogens is 292 g/mol. The molecule has 0 spiro atoms. The van der Waals surface area contributed by atoms with E-state index < -0.39 is 11.9 Å². The molecule has 0 amide bonds. The number of para-hydroxylation sites is 1. The predicted octanol–water partition coefficient (Wildman–Crippen LogP) is 3.27. The van der Waals surface area contributed by atoms with E-state index in [4.69, 9.17) is 21.1 Å². The summed E-state index contributed by atoms with van der Waals surface area (Å²) in [6, 6.07) is 13.7. The number of hydrogen-bond donors (Lipinski definition) is 0. The third-order valence-corrected chi connectivity index (χ3v) is 3.09. The van der Waals surface area contributed by atoms with Crippen LogP contribution >= 0.6 is 11.6 Å². The maximum Gasteiger partial charge on any atom is 0.349 e. The Morgan fingerprint density at radius 1 is 1.05 bits per heavy atom. The zero-order valence-electron chi connectivity index (χ0n) is 11.3. The first-order chi connectivity index (χ1) is 10.1. The molecule has 0 saturated carbocycles. The SMILES string of the molecule is COc1c(Cl)cccc1C(=O)OC(=O)Cc1ccccc1. The molecule has 0 radical (unpaired) electrons. The summed E-state index contributed by atoms with van der Waals surface area (Å²) in [5.74, 6) is -1.22. The summed E-state index contributed by atoms with van der Waals surface area (Å²) in [5, 5.41) is 0.280. The van der Waals surface area contributed by atoms with Gasteiger partial charge in [0.1, 0.15) is 5.56 Å². The summed E-state index contributed by atoms with van der Waals surface area (Å²) < 4.78 is 9.87. The summed E-state index contributed by atoms with van der Waals surface area (Å²) in [5.41, 5.74) is 0.889. The van der Waals surface area contributed by atoms with Crippen LogP contribution in [0.25, 0.3) is 0 Å². The van der Waals surface area contributed by atoms with Gasteiger partial charge in [0.25, 0.3) is 0 Å². The van der Waals surface area contributed by atoms with Gasteiger partial charge in [-0.25, -0.2) is 4.79 Å². The molecule has 0 aliphatic rings. The monoisotopic (exact) mass is 304 g/mol. The molecule has 2 rings (SSSR count). The molecule has 2 aromatic carbocycles. The molecule has 0 heterocycles. The molecule has 0 aromatic heterocycles.